The Morgan fingerprint density at radius 1 is 1.45 bits per heavy atom. The number of benzene rings is 1. The third-order valence-corrected chi connectivity index (χ3v) is 3.55. The van der Waals surface area contributed by atoms with Crippen molar-refractivity contribution in [3.05, 3.63) is 40.8 Å². The van der Waals surface area contributed by atoms with Crippen LogP contribution < -0.4 is 4.74 Å². The second-order valence-corrected chi connectivity index (χ2v) is 4.86. The van der Waals surface area contributed by atoms with Crippen molar-refractivity contribution < 1.29 is 9.15 Å². The zero-order chi connectivity index (χ0) is 14.1. The van der Waals surface area contributed by atoms with Crippen LogP contribution in [0.1, 0.15) is 18.6 Å². The summed E-state index contributed by atoms with van der Waals surface area (Å²) >= 11 is 5.36. The highest BCUT2D eigenvalue weighted by molar-refractivity contribution is 7.71. The summed E-state index contributed by atoms with van der Waals surface area (Å²) in [6, 6.07) is 5.80. The number of rotatable bonds is 4. The molecule has 0 amide bonds. The third kappa shape index (κ3) is 2.22. The smallest absolute Gasteiger partial charge is 0.214 e. The monoisotopic (exact) mass is 289 g/mol. The topological polar surface area (TPSA) is 56.0 Å². The summed E-state index contributed by atoms with van der Waals surface area (Å²) in [6.07, 6.45) is 2.59. The molecular formula is C14H15N3O2S. The van der Waals surface area contributed by atoms with Gasteiger partial charge in [0.25, 0.3) is 0 Å². The van der Waals surface area contributed by atoms with Gasteiger partial charge in [-0.2, -0.15) is 0 Å². The minimum atomic E-state index is 0.506. The Balaban J connectivity index is 2.05. The molecule has 0 aliphatic heterocycles. The van der Waals surface area contributed by atoms with Crippen LogP contribution in [-0.4, -0.2) is 21.6 Å². The molecule has 0 atom stereocenters. The molecule has 2 heterocycles. The maximum absolute atomic E-state index is 5.64. The van der Waals surface area contributed by atoms with Crippen molar-refractivity contribution >= 4 is 23.3 Å². The van der Waals surface area contributed by atoms with Gasteiger partial charge in [0.2, 0.25) is 5.89 Å². The van der Waals surface area contributed by atoms with Gasteiger partial charge >= 0.3 is 0 Å². The molecule has 0 radical (unpaired) electrons. The van der Waals surface area contributed by atoms with Crippen LogP contribution in [0.25, 0.3) is 11.0 Å². The van der Waals surface area contributed by atoms with E-state index in [-0.39, 0.29) is 0 Å². The van der Waals surface area contributed by atoms with Crippen molar-refractivity contribution in [2.75, 3.05) is 7.11 Å². The molecule has 0 saturated carbocycles. The summed E-state index contributed by atoms with van der Waals surface area (Å²) in [6.45, 7) is 2.54. The van der Waals surface area contributed by atoms with Crippen LogP contribution in [0, 0.1) is 4.77 Å². The summed E-state index contributed by atoms with van der Waals surface area (Å²) < 4.78 is 13.5. The maximum atomic E-state index is 5.64. The molecule has 0 saturated heterocycles. The van der Waals surface area contributed by atoms with Gasteiger partial charge in [-0.25, -0.2) is 4.98 Å². The van der Waals surface area contributed by atoms with Crippen molar-refractivity contribution in [1.82, 2.24) is 14.5 Å². The molecule has 6 heteroatoms. The van der Waals surface area contributed by atoms with E-state index < -0.39 is 0 Å². The van der Waals surface area contributed by atoms with Gasteiger partial charge in [0, 0.05) is 12.5 Å². The van der Waals surface area contributed by atoms with E-state index in [0.717, 1.165) is 29.0 Å². The average Bonchev–Trinajstić information content (AvgIpc) is 3.04. The highest BCUT2D eigenvalue weighted by atomic mass is 32.1. The lowest BCUT2D eigenvalue weighted by molar-refractivity contribution is 0.415. The molecule has 20 heavy (non-hydrogen) atoms. The number of hydrogen-bond acceptors (Lipinski definition) is 4. The molecule has 0 unspecified atom stereocenters. The number of ether oxygens (including phenoxy) is 1. The number of aromatic amines is 1. The highest BCUT2D eigenvalue weighted by Crippen LogP contribution is 2.21. The van der Waals surface area contributed by atoms with Gasteiger partial charge in [-0.15, -0.1) is 0 Å². The quantitative estimate of drug-likeness (QED) is 0.749. The predicted molar refractivity (Wildman–Crippen MR) is 78.7 cm³/mol. The van der Waals surface area contributed by atoms with Gasteiger partial charge in [0.05, 0.1) is 24.3 Å². The molecule has 1 aromatic carbocycles. The molecule has 0 bridgehead atoms. The van der Waals surface area contributed by atoms with Crippen LogP contribution in [0.15, 0.2) is 28.8 Å². The molecule has 0 spiro atoms. The van der Waals surface area contributed by atoms with Gasteiger partial charge in [-0.05, 0) is 24.4 Å². The third-order valence-electron chi connectivity index (χ3n) is 3.23. The SMILES string of the molecule is CCc1cnc(Cn2c(=S)[nH]c3ccc(OC)cc32)o1. The lowest BCUT2D eigenvalue weighted by Gasteiger charge is -2.03. The molecule has 0 aliphatic rings. The normalized spacial score (nSPS) is 11.1. The summed E-state index contributed by atoms with van der Waals surface area (Å²) in [5.74, 6) is 2.33. The van der Waals surface area contributed by atoms with Gasteiger partial charge in [-0.1, -0.05) is 6.92 Å². The van der Waals surface area contributed by atoms with E-state index in [4.69, 9.17) is 21.4 Å². The molecule has 2 aromatic heterocycles. The van der Waals surface area contributed by atoms with E-state index in [2.05, 4.69) is 9.97 Å². The van der Waals surface area contributed by atoms with Crippen LogP contribution in [0.2, 0.25) is 0 Å². The van der Waals surface area contributed by atoms with Gasteiger partial charge in [0.15, 0.2) is 4.77 Å². The lowest BCUT2D eigenvalue weighted by Crippen LogP contribution is -2.00. The van der Waals surface area contributed by atoms with E-state index in [1.807, 2.05) is 29.7 Å². The minimum Gasteiger partial charge on any atom is -0.497 e. The Kier molecular flexibility index (Phi) is 3.31. The van der Waals surface area contributed by atoms with Crippen molar-refractivity contribution in [3.8, 4) is 5.75 Å². The highest BCUT2D eigenvalue weighted by Gasteiger charge is 2.09. The molecular weight excluding hydrogens is 274 g/mol. The number of nitrogens with zero attached hydrogens (tertiary/aromatic N) is 2. The van der Waals surface area contributed by atoms with E-state index in [1.54, 1.807) is 13.3 Å². The summed E-state index contributed by atoms with van der Waals surface area (Å²) in [4.78, 5) is 7.45. The first-order chi connectivity index (χ1) is 9.71. The van der Waals surface area contributed by atoms with Crippen molar-refractivity contribution in [1.29, 1.82) is 0 Å². The molecule has 104 valence electrons. The number of fused-ring (bicyclic) bond motifs is 1. The van der Waals surface area contributed by atoms with Crippen LogP contribution in [0.4, 0.5) is 0 Å². The standard InChI is InChI=1S/C14H15N3O2S/c1-3-9-7-15-13(19-9)8-17-12-6-10(18-2)4-5-11(12)16-14(17)20/h4-7H,3,8H2,1-2H3,(H,16,20). The number of aromatic nitrogens is 3. The summed E-state index contributed by atoms with van der Waals surface area (Å²) in [5, 5.41) is 0. The molecule has 0 aliphatic carbocycles. The molecule has 5 nitrogen and oxygen atoms in total. The Morgan fingerprint density at radius 2 is 2.30 bits per heavy atom. The van der Waals surface area contributed by atoms with Crippen LogP contribution >= 0.6 is 12.2 Å². The first kappa shape index (κ1) is 12.9. The lowest BCUT2D eigenvalue weighted by atomic mass is 10.3. The average molecular weight is 289 g/mol. The molecule has 1 N–H and O–H groups in total. The Hall–Kier alpha value is -2.08. The van der Waals surface area contributed by atoms with E-state index >= 15 is 0 Å². The molecule has 0 fully saturated rings. The Labute approximate surface area is 121 Å². The Morgan fingerprint density at radius 3 is 3.00 bits per heavy atom. The zero-order valence-electron chi connectivity index (χ0n) is 11.3. The van der Waals surface area contributed by atoms with Gasteiger partial charge in [0.1, 0.15) is 18.1 Å². The van der Waals surface area contributed by atoms with Crippen LogP contribution in [0.3, 0.4) is 0 Å². The summed E-state index contributed by atoms with van der Waals surface area (Å²) in [5.41, 5.74) is 1.95. The predicted octanol–water partition coefficient (Wildman–Crippen LogP) is 3.31. The number of aryl methyl sites for hydroxylation is 1. The van der Waals surface area contributed by atoms with Gasteiger partial charge < -0.3 is 18.7 Å². The number of oxazole rings is 1. The maximum Gasteiger partial charge on any atom is 0.214 e. The van der Waals surface area contributed by atoms with Crippen molar-refractivity contribution in [2.24, 2.45) is 0 Å². The molecule has 3 aromatic rings. The summed E-state index contributed by atoms with van der Waals surface area (Å²) in [7, 11) is 1.65. The number of nitrogens with one attached hydrogen (secondary N) is 1. The fraction of sp³-hybridized carbons (Fsp3) is 0.286. The number of H-pyrrole nitrogens is 1. The number of imidazole rings is 1. The van der Waals surface area contributed by atoms with Gasteiger partial charge in [-0.3, -0.25) is 0 Å². The van der Waals surface area contributed by atoms with Crippen LogP contribution in [-0.2, 0) is 13.0 Å². The number of methoxy groups -OCH3 is 1. The van der Waals surface area contributed by atoms with E-state index in [9.17, 15) is 0 Å². The second-order valence-electron chi connectivity index (χ2n) is 4.47. The second kappa shape index (κ2) is 5.13. The zero-order valence-corrected chi connectivity index (χ0v) is 12.2. The fourth-order valence-corrected chi connectivity index (χ4v) is 2.41. The van der Waals surface area contributed by atoms with Crippen molar-refractivity contribution in [2.45, 2.75) is 19.9 Å². The fourth-order valence-electron chi connectivity index (χ4n) is 2.14. The largest absolute Gasteiger partial charge is 0.497 e. The first-order valence-corrected chi connectivity index (χ1v) is 6.82. The van der Waals surface area contributed by atoms with Crippen LogP contribution in [0.5, 0.6) is 5.75 Å². The minimum absolute atomic E-state index is 0.506. The van der Waals surface area contributed by atoms with E-state index in [0.29, 0.717) is 17.2 Å². The molecule has 3 rings (SSSR count). The van der Waals surface area contributed by atoms with E-state index in [1.165, 1.54) is 0 Å². The van der Waals surface area contributed by atoms with Crippen molar-refractivity contribution in [3.63, 3.8) is 0 Å². The first-order valence-electron chi connectivity index (χ1n) is 6.41. The Bertz CT molecular complexity index is 800. The number of hydrogen-bond donors (Lipinski definition) is 1.